The van der Waals surface area contributed by atoms with Gasteiger partial charge < -0.3 is 16.0 Å². The zero-order valence-corrected chi connectivity index (χ0v) is 13.3. The van der Waals surface area contributed by atoms with Crippen molar-refractivity contribution in [1.82, 2.24) is 10.6 Å². The fraction of sp³-hybridized carbons (Fsp3) is 0.588. The Morgan fingerprint density at radius 3 is 2.90 bits per heavy atom. The topological polar surface area (TPSA) is 53.2 Å². The molecule has 4 heteroatoms. The normalized spacial score (nSPS) is 19.9. The first-order valence-electron chi connectivity index (χ1n) is 7.93. The number of rotatable bonds is 5. The highest BCUT2D eigenvalue weighted by Crippen LogP contribution is 2.21. The number of carbonyl (C=O) groups excluding carboxylic acids is 1. The van der Waals surface area contributed by atoms with Gasteiger partial charge in [0.15, 0.2) is 0 Å². The van der Waals surface area contributed by atoms with E-state index in [1.54, 1.807) is 7.05 Å². The lowest BCUT2D eigenvalue weighted by Crippen LogP contribution is -2.37. The number of piperidine rings is 1. The molecular formula is C17H27N3O. The molecule has 1 saturated heterocycles. The van der Waals surface area contributed by atoms with Crippen molar-refractivity contribution in [3.05, 3.63) is 29.3 Å². The maximum Gasteiger partial charge on any atom is 0.251 e. The van der Waals surface area contributed by atoms with Crippen LogP contribution in [0.5, 0.6) is 0 Å². The summed E-state index contributed by atoms with van der Waals surface area (Å²) in [6.07, 6.45) is 5.01. The first kappa shape index (κ1) is 15.8. The van der Waals surface area contributed by atoms with Crippen molar-refractivity contribution in [2.75, 3.05) is 18.9 Å². The molecule has 0 bridgehead atoms. The number of anilines is 1. The molecule has 4 nitrogen and oxygen atoms in total. The number of benzene rings is 1. The maximum atomic E-state index is 11.8. The van der Waals surface area contributed by atoms with Gasteiger partial charge in [0, 0.05) is 30.4 Å². The van der Waals surface area contributed by atoms with E-state index in [9.17, 15) is 4.79 Å². The number of hydrogen-bond acceptors (Lipinski definition) is 3. The minimum Gasteiger partial charge on any atom is -0.382 e. The highest BCUT2D eigenvalue weighted by atomic mass is 16.1. The Kier molecular flexibility index (Phi) is 5.62. The van der Waals surface area contributed by atoms with Crippen LogP contribution in [0.3, 0.4) is 0 Å². The van der Waals surface area contributed by atoms with Gasteiger partial charge in [-0.15, -0.1) is 0 Å². The van der Waals surface area contributed by atoms with Gasteiger partial charge in [-0.2, -0.15) is 0 Å². The van der Waals surface area contributed by atoms with Crippen molar-refractivity contribution in [2.24, 2.45) is 0 Å². The molecule has 0 radical (unpaired) electrons. The predicted octanol–water partition coefficient (Wildman–Crippen LogP) is 2.69. The Morgan fingerprint density at radius 1 is 1.43 bits per heavy atom. The van der Waals surface area contributed by atoms with E-state index in [1.807, 2.05) is 25.1 Å². The van der Waals surface area contributed by atoms with Crippen LogP contribution in [0.4, 0.5) is 5.69 Å². The predicted molar refractivity (Wildman–Crippen MR) is 87.9 cm³/mol. The standard InChI is InChI=1S/C17H27N3O/c1-12(11-14-7-4-5-10-19-14)20-16-9-6-8-15(13(16)2)17(21)18-3/h6,8-9,12,14,19-20H,4-5,7,10-11H2,1-3H3,(H,18,21). The number of carbonyl (C=O) groups is 1. The Labute approximate surface area is 127 Å². The van der Waals surface area contributed by atoms with Gasteiger partial charge in [-0.25, -0.2) is 0 Å². The molecule has 0 spiro atoms. The summed E-state index contributed by atoms with van der Waals surface area (Å²) in [4.78, 5) is 11.8. The summed E-state index contributed by atoms with van der Waals surface area (Å²) in [5.74, 6) is -0.0299. The van der Waals surface area contributed by atoms with Crippen molar-refractivity contribution < 1.29 is 4.79 Å². The van der Waals surface area contributed by atoms with Gasteiger partial charge in [-0.3, -0.25) is 4.79 Å². The largest absolute Gasteiger partial charge is 0.382 e. The molecule has 21 heavy (non-hydrogen) atoms. The molecule has 1 aliphatic rings. The second kappa shape index (κ2) is 7.46. The van der Waals surface area contributed by atoms with Crippen molar-refractivity contribution in [3.8, 4) is 0 Å². The highest BCUT2D eigenvalue weighted by Gasteiger charge is 2.17. The molecule has 116 valence electrons. The summed E-state index contributed by atoms with van der Waals surface area (Å²) >= 11 is 0. The Bertz CT molecular complexity index is 481. The van der Waals surface area contributed by atoms with E-state index in [1.165, 1.54) is 19.3 Å². The van der Waals surface area contributed by atoms with Gasteiger partial charge in [0.1, 0.15) is 0 Å². The lowest BCUT2D eigenvalue weighted by molar-refractivity contribution is 0.0962. The third-order valence-electron chi connectivity index (χ3n) is 4.26. The molecule has 1 aromatic rings. The van der Waals surface area contributed by atoms with Gasteiger partial charge in [0.05, 0.1) is 0 Å². The fourth-order valence-corrected chi connectivity index (χ4v) is 3.05. The Balaban J connectivity index is 1.99. The summed E-state index contributed by atoms with van der Waals surface area (Å²) in [5.41, 5.74) is 2.81. The minimum atomic E-state index is -0.0299. The van der Waals surface area contributed by atoms with Crippen LogP contribution in [-0.2, 0) is 0 Å². The molecule has 0 aromatic heterocycles. The fourth-order valence-electron chi connectivity index (χ4n) is 3.05. The van der Waals surface area contributed by atoms with E-state index in [0.29, 0.717) is 12.1 Å². The van der Waals surface area contributed by atoms with Crippen LogP contribution in [0.25, 0.3) is 0 Å². The van der Waals surface area contributed by atoms with Crippen molar-refractivity contribution >= 4 is 11.6 Å². The summed E-state index contributed by atoms with van der Waals surface area (Å²) < 4.78 is 0. The smallest absolute Gasteiger partial charge is 0.251 e. The van der Waals surface area contributed by atoms with E-state index in [4.69, 9.17) is 0 Å². The third-order valence-corrected chi connectivity index (χ3v) is 4.26. The van der Waals surface area contributed by atoms with E-state index in [0.717, 1.165) is 29.8 Å². The van der Waals surface area contributed by atoms with E-state index in [-0.39, 0.29) is 5.91 Å². The van der Waals surface area contributed by atoms with E-state index < -0.39 is 0 Å². The number of nitrogens with one attached hydrogen (secondary N) is 3. The Morgan fingerprint density at radius 2 is 2.24 bits per heavy atom. The quantitative estimate of drug-likeness (QED) is 0.781. The molecule has 1 heterocycles. The summed E-state index contributed by atoms with van der Waals surface area (Å²) in [5, 5.41) is 9.83. The van der Waals surface area contributed by atoms with Crippen molar-refractivity contribution in [1.29, 1.82) is 0 Å². The van der Waals surface area contributed by atoms with Crippen LogP contribution < -0.4 is 16.0 Å². The molecule has 2 atom stereocenters. The molecule has 0 aliphatic carbocycles. The zero-order valence-electron chi connectivity index (χ0n) is 13.3. The monoisotopic (exact) mass is 289 g/mol. The molecule has 1 amide bonds. The van der Waals surface area contributed by atoms with Crippen LogP contribution >= 0.6 is 0 Å². The van der Waals surface area contributed by atoms with Gasteiger partial charge in [0.25, 0.3) is 5.91 Å². The molecule has 2 unspecified atom stereocenters. The van der Waals surface area contributed by atoms with Crippen molar-refractivity contribution in [2.45, 2.75) is 51.6 Å². The van der Waals surface area contributed by atoms with Gasteiger partial charge in [-0.05, 0) is 57.4 Å². The summed E-state index contributed by atoms with van der Waals surface area (Å²) in [7, 11) is 1.67. The highest BCUT2D eigenvalue weighted by molar-refractivity contribution is 5.96. The van der Waals surface area contributed by atoms with Crippen LogP contribution in [0.2, 0.25) is 0 Å². The Hall–Kier alpha value is -1.55. The average molecular weight is 289 g/mol. The van der Waals surface area contributed by atoms with Gasteiger partial charge in [-0.1, -0.05) is 12.5 Å². The summed E-state index contributed by atoms with van der Waals surface area (Å²) in [6, 6.07) is 6.85. The first-order chi connectivity index (χ1) is 10.1. The van der Waals surface area contributed by atoms with E-state index in [2.05, 4.69) is 22.9 Å². The zero-order chi connectivity index (χ0) is 15.2. The van der Waals surface area contributed by atoms with Crippen molar-refractivity contribution in [3.63, 3.8) is 0 Å². The molecule has 3 N–H and O–H groups in total. The molecule has 1 fully saturated rings. The molecule has 1 aromatic carbocycles. The second-order valence-corrected chi connectivity index (χ2v) is 5.99. The van der Waals surface area contributed by atoms with Crippen LogP contribution in [0.15, 0.2) is 18.2 Å². The second-order valence-electron chi connectivity index (χ2n) is 5.99. The average Bonchev–Trinajstić information content (AvgIpc) is 2.49. The minimum absolute atomic E-state index is 0.0299. The first-order valence-corrected chi connectivity index (χ1v) is 7.93. The number of hydrogen-bond donors (Lipinski definition) is 3. The van der Waals surface area contributed by atoms with Crippen LogP contribution in [0, 0.1) is 6.92 Å². The van der Waals surface area contributed by atoms with Gasteiger partial charge in [0.2, 0.25) is 0 Å². The molecule has 0 saturated carbocycles. The van der Waals surface area contributed by atoms with E-state index >= 15 is 0 Å². The third kappa shape index (κ3) is 4.21. The molecular weight excluding hydrogens is 262 g/mol. The molecule has 2 rings (SSSR count). The molecule has 1 aliphatic heterocycles. The lowest BCUT2D eigenvalue weighted by Gasteiger charge is -2.27. The number of amides is 1. The SMILES string of the molecule is CNC(=O)c1cccc(NC(C)CC2CCCCN2)c1C. The van der Waals surface area contributed by atoms with Crippen LogP contribution in [0.1, 0.15) is 48.5 Å². The van der Waals surface area contributed by atoms with Gasteiger partial charge >= 0.3 is 0 Å². The van der Waals surface area contributed by atoms with Crippen LogP contribution in [-0.4, -0.2) is 31.6 Å². The summed E-state index contributed by atoms with van der Waals surface area (Å²) in [6.45, 7) is 5.35. The lowest BCUT2D eigenvalue weighted by atomic mass is 9.98. The maximum absolute atomic E-state index is 11.8.